The molecule has 0 fully saturated rings. The summed E-state index contributed by atoms with van der Waals surface area (Å²) in [6.45, 7) is 12.9. The number of ether oxygens (including phenoxy) is 1. The minimum Gasteiger partial charge on any atom is -0.381 e. The van der Waals surface area contributed by atoms with Crippen LogP contribution in [-0.4, -0.2) is 50.3 Å². The van der Waals surface area contributed by atoms with E-state index in [1.165, 1.54) is 0 Å². The molecule has 0 aliphatic heterocycles. The third kappa shape index (κ3) is 12.4. The maximum atomic E-state index is 5.55. The van der Waals surface area contributed by atoms with Crippen molar-refractivity contribution >= 4 is 17.7 Å². The van der Waals surface area contributed by atoms with Crippen LogP contribution in [0.4, 0.5) is 0 Å². The van der Waals surface area contributed by atoms with Gasteiger partial charge in [0.1, 0.15) is 0 Å². The fourth-order valence-corrected chi connectivity index (χ4v) is 1.56. The molecule has 0 amide bonds. The number of rotatable bonds is 10. The van der Waals surface area contributed by atoms with Crippen molar-refractivity contribution in [2.45, 2.75) is 39.4 Å². The number of aliphatic imine (C=N–C) groups is 1. The standard InChI is InChI=1S/C14H31N3OS/c1-6-15-14(17-10-13(4)19-5)16-8-7-9-18-11-12(2)3/h12-13H,6-11H2,1-5H3,(H2,15,16,17). The van der Waals surface area contributed by atoms with Crippen LogP contribution in [0.2, 0.25) is 0 Å². The molecule has 0 radical (unpaired) electrons. The molecule has 2 N–H and O–H groups in total. The van der Waals surface area contributed by atoms with Crippen LogP contribution in [0.1, 0.15) is 34.1 Å². The largest absolute Gasteiger partial charge is 0.381 e. The van der Waals surface area contributed by atoms with Crippen molar-refractivity contribution in [1.29, 1.82) is 0 Å². The summed E-state index contributed by atoms with van der Waals surface area (Å²) in [6, 6.07) is 0. The van der Waals surface area contributed by atoms with E-state index >= 15 is 0 Å². The van der Waals surface area contributed by atoms with Crippen molar-refractivity contribution in [3.05, 3.63) is 0 Å². The normalized spacial score (nSPS) is 13.7. The molecule has 0 heterocycles. The molecule has 0 aliphatic rings. The van der Waals surface area contributed by atoms with Gasteiger partial charge in [-0.25, -0.2) is 0 Å². The Kier molecular flexibility index (Phi) is 12.3. The van der Waals surface area contributed by atoms with Crippen LogP contribution in [0, 0.1) is 5.92 Å². The quantitative estimate of drug-likeness (QED) is 0.368. The van der Waals surface area contributed by atoms with E-state index in [2.05, 4.69) is 49.6 Å². The van der Waals surface area contributed by atoms with Gasteiger partial charge in [0.05, 0.1) is 6.54 Å². The zero-order chi connectivity index (χ0) is 14.5. The van der Waals surface area contributed by atoms with E-state index in [0.717, 1.165) is 45.2 Å². The molecule has 4 nitrogen and oxygen atoms in total. The summed E-state index contributed by atoms with van der Waals surface area (Å²) in [5.41, 5.74) is 0. The van der Waals surface area contributed by atoms with E-state index in [4.69, 9.17) is 4.74 Å². The van der Waals surface area contributed by atoms with Crippen LogP contribution in [0.25, 0.3) is 0 Å². The maximum absolute atomic E-state index is 5.55. The van der Waals surface area contributed by atoms with Crippen molar-refractivity contribution in [2.24, 2.45) is 10.9 Å². The van der Waals surface area contributed by atoms with Crippen molar-refractivity contribution in [3.63, 3.8) is 0 Å². The van der Waals surface area contributed by atoms with Crippen molar-refractivity contribution in [2.75, 3.05) is 39.1 Å². The lowest BCUT2D eigenvalue weighted by Crippen LogP contribution is -2.38. The van der Waals surface area contributed by atoms with Gasteiger partial charge < -0.3 is 15.4 Å². The average Bonchev–Trinajstić information content (AvgIpc) is 2.38. The average molecular weight is 289 g/mol. The summed E-state index contributed by atoms with van der Waals surface area (Å²) >= 11 is 1.84. The Labute approximate surface area is 123 Å². The number of guanidine groups is 1. The third-order valence-electron chi connectivity index (χ3n) is 2.46. The Morgan fingerprint density at radius 2 is 2.00 bits per heavy atom. The van der Waals surface area contributed by atoms with Gasteiger partial charge >= 0.3 is 0 Å². The van der Waals surface area contributed by atoms with Crippen LogP contribution in [-0.2, 0) is 4.74 Å². The summed E-state index contributed by atoms with van der Waals surface area (Å²) in [5, 5.41) is 7.16. The Hall–Kier alpha value is -0.420. The van der Waals surface area contributed by atoms with E-state index in [0.29, 0.717) is 11.2 Å². The summed E-state index contributed by atoms with van der Waals surface area (Å²) in [6.07, 6.45) is 3.13. The van der Waals surface area contributed by atoms with Crippen LogP contribution < -0.4 is 10.6 Å². The van der Waals surface area contributed by atoms with Gasteiger partial charge in [-0.3, -0.25) is 4.99 Å². The van der Waals surface area contributed by atoms with Gasteiger partial charge in [-0.15, -0.1) is 0 Å². The highest BCUT2D eigenvalue weighted by Gasteiger charge is 2.00. The molecule has 5 heteroatoms. The Morgan fingerprint density at radius 3 is 2.58 bits per heavy atom. The molecule has 0 saturated carbocycles. The predicted molar refractivity (Wildman–Crippen MR) is 87.2 cm³/mol. The summed E-state index contributed by atoms with van der Waals surface area (Å²) in [7, 11) is 0. The minimum absolute atomic E-state index is 0.560. The lowest BCUT2D eigenvalue weighted by molar-refractivity contribution is 0.108. The monoisotopic (exact) mass is 289 g/mol. The summed E-state index contributed by atoms with van der Waals surface area (Å²) in [5.74, 6) is 1.52. The number of nitrogens with one attached hydrogen (secondary N) is 2. The molecule has 114 valence electrons. The van der Waals surface area contributed by atoms with Crippen LogP contribution in [0.5, 0.6) is 0 Å². The van der Waals surface area contributed by atoms with Gasteiger partial charge in [0.15, 0.2) is 5.96 Å². The summed E-state index contributed by atoms with van der Waals surface area (Å²) in [4.78, 5) is 4.56. The van der Waals surface area contributed by atoms with E-state index < -0.39 is 0 Å². The molecule has 1 atom stereocenters. The summed E-state index contributed by atoms with van der Waals surface area (Å²) < 4.78 is 5.55. The van der Waals surface area contributed by atoms with E-state index in [-0.39, 0.29) is 0 Å². The molecular weight excluding hydrogens is 258 g/mol. The SMILES string of the molecule is CCNC(=NCC(C)SC)NCCCOCC(C)C. The lowest BCUT2D eigenvalue weighted by Gasteiger charge is -2.13. The van der Waals surface area contributed by atoms with Crippen LogP contribution >= 0.6 is 11.8 Å². The van der Waals surface area contributed by atoms with Gasteiger partial charge in [0.25, 0.3) is 0 Å². The number of thioether (sulfide) groups is 1. The highest BCUT2D eigenvalue weighted by atomic mass is 32.2. The topological polar surface area (TPSA) is 45.7 Å². The first-order valence-electron chi connectivity index (χ1n) is 7.22. The molecule has 0 bridgehead atoms. The fraction of sp³-hybridized carbons (Fsp3) is 0.929. The Bertz CT molecular complexity index is 235. The van der Waals surface area contributed by atoms with Gasteiger partial charge in [0, 0.05) is 31.6 Å². The Morgan fingerprint density at radius 1 is 1.26 bits per heavy atom. The zero-order valence-corrected chi connectivity index (χ0v) is 14.0. The van der Waals surface area contributed by atoms with Gasteiger partial charge in [0.2, 0.25) is 0 Å². The second-order valence-electron chi connectivity index (χ2n) is 5.02. The molecule has 0 aromatic carbocycles. The van der Waals surface area contributed by atoms with Crippen molar-refractivity contribution < 1.29 is 4.74 Å². The van der Waals surface area contributed by atoms with Gasteiger partial charge in [-0.05, 0) is 25.5 Å². The Balaban J connectivity index is 3.75. The molecule has 0 aliphatic carbocycles. The fourth-order valence-electron chi connectivity index (χ4n) is 1.34. The highest BCUT2D eigenvalue weighted by Crippen LogP contribution is 2.04. The second-order valence-corrected chi connectivity index (χ2v) is 6.29. The highest BCUT2D eigenvalue weighted by molar-refractivity contribution is 7.99. The predicted octanol–water partition coefficient (Wildman–Crippen LogP) is 2.36. The first-order valence-corrected chi connectivity index (χ1v) is 8.51. The number of nitrogens with zero attached hydrogens (tertiary/aromatic N) is 1. The van der Waals surface area contributed by atoms with E-state index in [1.54, 1.807) is 0 Å². The number of hydrogen-bond donors (Lipinski definition) is 2. The number of hydrogen-bond acceptors (Lipinski definition) is 3. The lowest BCUT2D eigenvalue weighted by atomic mass is 10.2. The third-order valence-corrected chi connectivity index (χ3v) is 3.42. The van der Waals surface area contributed by atoms with Crippen molar-refractivity contribution in [1.82, 2.24) is 10.6 Å². The first kappa shape index (κ1) is 18.6. The maximum Gasteiger partial charge on any atom is 0.191 e. The van der Waals surface area contributed by atoms with Gasteiger partial charge in [-0.2, -0.15) is 11.8 Å². The molecule has 0 aromatic rings. The van der Waals surface area contributed by atoms with E-state index in [9.17, 15) is 0 Å². The zero-order valence-electron chi connectivity index (χ0n) is 13.2. The molecule has 0 saturated heterocycles. The smallest absolute Gasteiger partial charge is 0.191 e. The second kappa shape index (κ2) is 12.6. The molecule has 0 spiro atoms. The van der Waals surface area contributed by atoms with Gasteiger partial charge in [-0.1, -0.05) is 20.8 Å². The van der Waals surface area contributed by atoms with Crippen LogP contribution in [0.3, 0.4) is 0 Å². The molecule has 19 heavy (non-hydrogen) atoms. The first-order chi connectivity index (χ1) is 9.10. The van der Waals surface area contributed by atoms with Crippen molar-refractivity contribution in [3.8, 4) is 0 Å². The molecule has 0 aromatic heterocycles. The van der Waals surface area contributed by atoms with E-state index in [1.807, 2.05) is 11.8 Å². The van der Waals surface area contributed by atoms with Crippen LogP contribution in [0.15, 0.2) is 4.99 Å². The molecule has 0 rings (SSSR count). The molecule has 1 unspecified atom stereocenters. The molecular formula is C14H31N3OS. The minimum atomic E-state index is 0.560.